The average Bonchev–Trinajstić information content (AvgIpc) is 3.55. The van der Waals surface area contributed by atoms with Gasteiger partial charge >= 0.3 is 12.2 Å². The van der Waals surface area contributed by atoms with E-state index < -0.39 is 41.9 Å². The molecule has 2 aromatic rings. The smallest absolute Gasteiger partial charge is 0.308 e. The largest absolute Gasteiger partial charge is 0.416 e. The zero-order valence-corrected chi connectivity index (χ0v) is 21.3. The van der Waals surface area contributed by atoms with Crippen LogP contribution in [0.15, 0.2) is 57.8 Å². The Hall–Kier alpha value is -4.09. The van der Waals surface area contributed by atoms with Gasteiger partial charge in [-0.1, -0.05) is 12.1 Å². The van der Waals surface area contributed by atoms with Crippen molar-refractivity contribution in [2.75, 3.05) is 25.0 Å². The number of aromatic nitrogens is 1. The van der Waals surface area contributed by atoms with Gasteiger partial charge in [-0.2, -0.15) is 18.2 Å². The minimum atomic E-state index is -4.69. The third-order valence-electron chi connectivity index (χ3n) is 6.99. The van der Waals surface area contributed by atoms with Gasteiger partial charge in [0, 0.05) is 17.7 Å². The second kappa shape index (κ2) is 11.2. The summed E-state index contributed by atoms with van der Waals surface area (Å²) in [6.45, 7) is 3.11. The first-order valence-corrected chi connectivity index (χ1v) is 12.8. The Bertz CT molecular complexity index is 1460. The fourth-order valence-corrected chi connectivity index (χ4v) is 5.01. The van der Waals surface area contributed by atoms with Crippen molar-refractivity contribution in [3.05, 3.63) is 64.9 Å². The number of nitrogens with one attached hydrogen (secondary N) is 3. The molecule has 1 unspecified atom stereocenters. The number of amides is 2. The summed E-state index contributed by atoms with van der Waals surface area (Å²) in [5.41, 5.74) is 0.258. The average molecular weight is 560 g/mol. The molecule has 0 saturated carbocycles. The predicted molar refractivity (Wildman–Crippen MR) is 140 cm³/mol. The van der Waals surface area contributed by atoms with Crippen molar-refractivity contribution < 1.29 is 26.7 Å². The fraction of sp³-hybridized carbons (Fsp3) is 0.370. The van der Waals surface area contributed by atoms with Crippen LogP contribution in [-0.2, 0) is 6.42 Å². The van der Waals surface area contributed by atoms with Crippen LogP contribution in [0.3, 0.4) is 0 Å². The number of allylic oxidation sites excluding steroid dienone is 4. The van der Waals surface area contributed by atoms with Crippen molar-refractivity contribution >= 4 is 23.6 Å². The second-order valence-electron chi connectivity index (χ2n) is 9.76. The molecule has 0 spiro atoms. The van der Waals surface area contributed by atoms with E-state index in [2.05, 4.69) is 26.3 Å². The van der Waals surface area contributed by atoms with Crippen molar-refractivity contribution in [3.8, 4) is 11.1 Å². The van der Waals surface area contributed by atoms with E-state index in [1.807, 2.05) is 11.4 Å². The number of benzene rings is 1. The number of anilines is 1. The third kappa shape index (κ3) is 5.90. The van der Waals surface area contributed by atoms with Crippen LogP contribution in [0.2, 0.25) is 0 Å². The number of halogens is 5. The maximum atomic E-state index is 15.1. The van der Waals surface area contributed by atoms with Gasteiger partial charge in [0.15, 0.2) is 5.84 Å². The van der Waals surface area contributed by atoms with E-state index in [4.69, 9.17) is 5.41 Å². The van der Waals surface area contributed by atoms with Crippen molar-refractivity contribution in [1.29, 1.82) is 5.41 Å². The zero-order chi connectivity index (χ0) is 28.4. The number of carbonyl (C=O) groups excluding carboxylic acids is 1. The van der Waals surface area contributed by atoms with E-state index in [-0.39, 0.29) is 11.5 Å². The van der Waals surface area contributed by atoms with E-state index >= 15 is 4.39 Å². The molecular formula is C27H26F5N7O. The maximum Gasteiger partial charge on any atom is 0.416 e. The minimum Gasteiger partial charge on any atom is -0.308 e. The van der Waals surface area contributed by atoms with Gasteiger partial charge < -0.3 is 15.5 Å². The highest BCUT2D eigenvalue weighted by Crippen LogP contribution is 2.33. The molecule has 1 atom stereocenters. The summed E-state index contributed by atoms with van der Waals surface area (Å²) in [7, 11) is 0. The number of aryl methyl sites for hydroxylation is 1. The van der Waals surface area contributed by atoms with Gasteiger partial charge in [-0.15, -0.1) is 5.10 Å². The zero-order valence-electron chi connectivity index (χ0n) is 21.3. The summed E-state index contributed by atoms with van der Waals surface area (Å²) in [5.74, 6) is -0.908. The lowest BCUT2D eigenvalue weighted by molar-refractivity contribution is -0.0889. The van der Waals surface area contributed by atoms with Crippen molar-refractivity contribution in [2.24, 2.45) is 10.1 Å². The molecule has 13 heteroatoms. The number of aliphatic imine (C=N–C) groups is 1. The molecular weight excluding hydrogens is 533 g/mol. The molecule has 1 aromatic carbocycles. The molecule has 3 heterocycles. The molecule has 0 radical (unpaired) electrons. The first kappa shape index (κ1) is 27.5. The Kier molecular flexibility index (Phi) is 7.68. The van der Waals surface area contributed by atoms with Gasteiger partial charge in [0.05, 0.1) is 17.0 Å². The van der Waals surface area contributed by atoms with Crippen LogP contribution in [0.25, 0.3) is 11.1 Å². The number of hydrogen-bond acceptors (Lipinski definition) is 4. The Labute approximate surface area is 226 Å². The van der Waals surface area contributed by atoms with Gasteiger partial charge in [-0.3, -0.25) is 5.41 Å². The second-order valence-corrected chi connectivity index (χ2v) is 9.76. The third-order valence-corrected chi connectivity index (χ3v) is 6.99. The van der Waals surface area contributed by atoms with Crippen LogP contribution < -0.4 is 10.6 Å². The normalized spacial score (nSPS) is 18.9. The Morgan fingerprint density at radius 2 is 1.95 bits per heavy atom. The van der Waals surface area contributed by atoms with Crippen LogP contribution in [0.1, 0.15) is 37.1 Å². The molecule has 210 valence electrons. The Morgan fingerprint density at radius 3 is 2.67 bits per heavy atom. The SMILES string of the molecule is N=C1N=C=Nn2c(CCCN3CCCC3)cc(-c3ccc(NC(=O)NC4=CC(C(F)(F)F)=CCC4F)c(F)c3)c21. The number of carbonyl (C=O) groups is 1. The topological polar surface area (TPSA) is 97.9 Å². The summed E-state index contributed by atoms with van der Waals surface area (Å²) in [6.07, 6.45) is -1.88. The van der Waals surface area contributed by atoms with Crippen molar-refractivity contribution in [2.45, 2.75) is 44.5 Å². The highest BCUT2D eigenvalue weighted by atomic mass is 19.4. The van der Waals surface area contributed by atoms with Gasteiger partial charge in [0.25, 0.3) is 0 Å². The van der Waals surface area contributed by atoms with Gasteiger partial charge in [-0.05, 0) is 75.2 Å². The predicted octanol–water partition coefficient (Wildman–Crippen LogP) is 5.83. The van der Waals surface area contributed by atoms with E-state index in [9.17, 15) is 22.4 Å². The monoisotopic (exact) mass is 559 g/mol. The lowest BCUT2D eigenvalue weighted by Gasteiger charge is -2.20. The molecule has 3 N–H and O–H groups in total. The number of hydrogen-bond donors (Lipinski definition) is 3. The molecule has 0 bridgehead atoms. The lowest BCUT2D eigenvalue weighted by atomic mass is 10.0. The highest BCUT2D eigenvalue weighted by Gasteiger charge is 2.35. The molecule has 1 aliphatic carbocycles. The quantitative estimate of drug-likeness (QED) is 0.372. The molecule has 5 rings (SSSR count). The van der Waals surface area contributed by atoms with Crippen LogP contribution >= 0.6 is 0 Å². The molecule has 1 fully saturated rings. The number of urea groups is 1. The molecule has 40 heavy (non-hydrogen) atoms. The van der Waals surface area contributed by atoms with Gasteiger partial charge in [-0.25, -0.2) is 18.3 Å². The highest BCUT2D eigenvalue weighted by molar-refractivity contribution is 6.05. The first-order chi connectivity index (χ1) is 19.1. The number of rotatable bonds is 7. The number of alkyl halides is 4. The van der Waals surface area contributed by atoms with Crippen LogP contribution in [-0.4, -0.2) is 59.4 Å². The van der Waals surface area contributed by atoms with E-state index in [1.165, 1.54) is 25.0 Å². The van der Waals surface area contributed by atoms with Gasteiger partial charge in [0.1, 0.15) is 23.7 Å². The van der Waals surface area contributed by atoms with Gasteiger partial charge in [0.2, 0.25) is 0 Å². The summed E-state index contributed by atoms with van der Waals surface area (Å²) < 4.78 is 69.7. The molecule has 1 aromatic heterocycles. The van der Waals surface area contributed by atoms with E-state index in [0.29, 0.717) is 35.4 Å². The van der Waals surface area contributed by atoms with E-state index in [1.54, 1.807) is 4.68 Å². The summed E-state index contributed by atoms with van der Waals surface area (Å²) in [5, 5.41) is 16.7. The van der Waals surface area contributed by atoms with E-state index in [0.717, 1.165) is 37.8 Å². The maximum absolute atomic E-state index is 15.1. The number of likely N-dealkylation sites (tertiary alicyclic amines) is 1. The standard InChI is InChI=1S/C27H26F5N7O/c28-20-7-6-17(27(30,31)32)13-23(20)37-26(40)36-22-8-5-16(12-21(22)29)19-14-18(4-3-11-38-9-1-2-10-38)39-24(19)25(33)34-15-35-39/h5-6,8,12-14,20,33H,1-4,7,9-11H2,(H2,36,37,40). The van der Waals surface area contributed by atoms with Crippen LogP contribution in [0, 0.1) is 11.2 Å². The van der Waals surface area contributed by atoms with Crippen molar-refractivity contribution in [3.63, 3.8) is 0 Å². The Balaban J connectivity index is 1.31. The molecule has 2 aliphatic heterocycles. The Morgan fingerprint density at radius 1 is 1.18 bits per heavy atom. The first-order valence-electron chi connectivity index (χ1n) is 12.8. The number of amidine groups is 1. The fourth-order valence-electron chi connectivity index (χ4n) is 5.01. The number of nitrogens with zero attached hydrogens (tertiary/aromatic N) is 4. The minimum absolute atomic E-state index is 0.0772. The number of fused-ring (bicyclic) bond motifs is 1. The lowest BCUT2D eigenvalue weighted by Crippen LogP contribution is -2.34. The van der Waals surface area contributed by atoms with Crippen LogP contribution in [0.5, 0.6) is 0 Å². The summed E-state index contributed by atoms with van der Waals surface area (Å²) in [6, 6.07) is 7.19. The molecule has 8 nitrogen and oxygen atoms in total. The van der Waals surface area contributed by atoms with Crippen LogP contribution in [0.4, 0.5) is 32.4 Å². The summed E-state index contributed by atoms with van der Waals surface area (Å²) >= 11 is 0. The summed E-state index contributed by atoms with van der Waals surface area (Å²) in [4.78, 5) is 18.6. The molecule has 3 aliphatic rings. The van der Waals surface area contributed by atoms with Crippen molar-refractivity contribution in [1.82, 2.24) is 14.9 Å². The molecule has 1 saturated heterocycles. The molecule has 2 amide bonds.